The first-order chi connectivity index (χ1) is 10.1. The second-order valence-electron chi connectivity index (χ2n) is 4.55. The second-order valence-corrected chi connectivity index (χ2v) is 4.55. The van der Waals surface area contributed by atoms with Crippen molar-refractivity contribution in [3.05, 3.63) is 35.5 Å². The fraction of sp³-hybridized carbons (Fsp3) is 0.286. The van der Waals surface area contributed by atoms with Gasteiger partial charge in [-0.3, -0.25) is 14.5 Å². The number of anilines is 1. The fourth-order valence-electron chi connectivity index (χ4n) is 2.19. The van der Waals surface area contributed by atoms with Crippen LogP contribution in [0.4, 0.5) is 5.69 Å². The minimum absolute atomic E-state index is 0.0803. The summed E-state index contributed by atoms with van der Waals surface area (Å²) in [6, 6.07) is 4.93. The Morgan fingerprint density at radius 1 is 1.24 bits per heavy atom. The first kappa shape index (κ1) is 13.3. The van der Waals surface area contributed by atoms with Crippen LogP contribution in [0.2, 0.25) is 0 Å². The average molecular weight is 287 g/mol. The molecule has 1 aromatic heterocycles. The number of methoxy groups -OCH3 is 1. The molecular formula is C14H13N3O4. The molecule has 1 aromatic carbocycles. The van der Waals surface area contributed by atoms with E-state index in [1.807, 2.05) is 6.92 Å². The van der Waals surface area contributed by atoms with Crippen LogP contribution in [-0.4, -0.2) is 29.0 Å². The molecule has 0 atom stereocenters. The van der Waals surface area contributed by atoms with Crippen LogP contribution in [0.3, 0.4) is 0 Å². The number of amides is 1. The summed E-state index contributed by atoms with van der Waals surface area (Å²) in [5.74, 6) is 0.172. The number of hydrogen-bond donors (Lipinski definition) is 0. The highest BCUT2D eigenvalue weighted by molar-refractivity contribution is 6.52. The van der Waals surface area contributed by atoms with E-state index in [0.717, 1.165) is 0 Å². The molecule has 0 bridgehead atoms. The summed E-state index contributed by atoms with van der Waals surface area (Å²) in [6.07, 6.45) is 0.619. The quantitative estimate of drug-likeness (QED) is 0.789. The number of ketones is 1. The summed E-state index contributed by atoms with van der Waals surface area (Å²) in [7, 11) is 1.51. The Hall–Kier alpha value is -2.70. The molecule has 1 amide bonds. The number of fused-ring (bicyclic) bond motifs is 1. The van der Waals surface area contributed by atoms with E-state index in [9.17, 15) is 9.59 Å². The third-order valence-electron chi connectivity index (χ3n) is 3.28. The monoisotopic (exact) mass is 287 g/mol. The van der Waals surface area contributed by atoms with Crippen LogP contribution in [-0.2, 0) is 17.8 Å². The van der Waals surface area contributed by atoms with Gasteiger partial charge in [-0.2, -0.15) is 0 Å². The van der Waals surface area contributed by atoms with Crippen LogP contribution in [0.15, 0.2) is 22.6 Å². The number of hydrogen-bond acceptors (Lipinski definition) is 6. The molecular weight excluding hydrogens is 274 g/mol. The molecule has 21 heavy (non-hydrogen) atoms. The molecule has 7 nitrogen and oxygen atoms in total. The van der Waals surface area contributed by atoms with Gasteiger partial charge in [0.05, 0.1) is 18.4 Å². The van der Waals surface area contributed by atoms with E-state index in [2.05, 4.69) is 10.2 Å². The van der Waals surface area contributed by atoms with Crippen molar-refractivity contribution in [1.82, 2.24) is 10.2 Å². The van der Waals surface area contributed by atoms with Crippen LogP contribution in [0.5, 0.6) is 5.75 Å². The van der Waals surface area contributed by atoms with Crippen LogP contribution in [0.1, 0.15) is 29.1 Å². The van der Waals surface area contributed by atoms with E-state index in [-0.39, 0.29) is 6.54 Å². The van der Waals surface area contributed by atoms with Gasteiger partial charge in [0.25, 0.3) is 11.7 Å². The first-order valence-corrected chi connectivity index (χ1v) is 6.49. The number of carbonyl (C=O) groups is 2. The van der Waals surface area contributed by atoms with Gasteiger partial charge in [-0.25, -0.2) is 0 Å². The molecule has 0 spiro atoms. The molecule has 0 fully saturated rings. The first-order valence-electron chi connectivity index (χ1n) is 6.49. The number of nitrogens with zero attached hydrogens (tertiary/aromatic N) is 3. The summed E-state index contributed by atoms with van der Waals surface area (Å²) < 4.78 is 10.5. The summed E-state index contributed by atoms with van der Waals surface area (Å²) in [5.41, 5.74) is 0.858. The van der Waals surface area contributed by atoms with Crippen molar-refractivity contribution in [2.75, 3.05) is 12.0 Å². The van der Waals surface area contributed by atoms with E-state index in [1.165, 1.54) is 12.0 Å². The van der Waals surface area contributed by atoms with Crippen molar-refractivity contribution in [1.29, 1.82) is 0 Å². The van der Waals surface area contributed by atoms with Gasteiger partial charge in [0.2, 0.25) is 11.8 Å². The maximum Gasteiger partial charge on any atom is 0.299 e. The summed E-state index contributed by atoms with van der Waals surface area (Å²) in [6.45, 7) is 1.97. The molecule has 7 heteroatoms. The molecule has 2 aromatic rings. The molecule has 3 rings (SSSR count). The number of Topliss-reactive ketones (excluding diaryl/α,β-unsaturated/α-hetero) is 1. The lowest BCUT2D eigenvalue weighted by atomic mass is 10.1. The highest BCUT2D eigenvalue weighted by atomic mass is 16.5. The largest absolute Gasteiger partial charge is 0.497 e. The van der Waals surface area contributed by atoms with Crippen molar-refractivity contribution >= 4 is 17.4 Å². The maximum absolute atomic E-state index is 12.1. The van der Waals surface area contributed by atoms with E-state index >= 15 is 0 Å². The predicted octanol–water partition coefficient (Wildman–Crippen LogP) is 1.37. The van der Waals surface area contributed by atoms with Gasteiger partial charge in [-0.1, -0.05) is 6.92 Å². The Kier molecular flexibility index (Phi) is 3.17. The Morgan fingerprint density at radius 2 is 2.00 bits per heavy atom. The van der Waals surface area contributed by atoms with Crippen molar-refractivity contribution in [2.45, 2.75) is 19.9 Å². The van der Waals surface area contributed by atoms with E-state index in [0.29, 0.717) is 35.2 Å². The fourth-order valence-corrected chi connectivity index (χ4v) is 2.19. The normalized spacial score (nSPS) is 13.7. The van der Waals surface area contributed by atoms with E-state index in [4.69, 9.17) is 9.15 Å². The summed E-state index contributed by atoms with van der Waals surface area (Å²) >= 11 is 0. The molecule has 0 aliphatic carbocycles. The highest BCUT2D eigenvalue weighted by Gasteiger charge is 2.37. The van der Waals surface area contributed by atoms with Gasteiger partial charge in [0.15, 0.2) is 0 Å². The van der Waals surface area contributed by atoms with Crippen molar-refractivity contribution < 1.29 is 18.7 Å². The minimum atomic E-state index is -0.602. The highest BCUT2D eigenvalue weighted by Crippen LogP contribution is 2.32. The number of carbonyl (C=O) groups excluding carboxylic acids is 2. The van der Waals surface area contributed by atoms with Gasteiger partial charge in [0.1, 0.15) is 12.3 Å². The van der Waals surface area contributed by atoms with Gasteiger partial charge < -0.3 is 9.15 Å². The Labute approximate surface area is 120 Å². The van der Waals surface area contributed by atoms with Crippen LogP contribution >= 0.6 is 0 Å². The molecule has 1 aliphatic rings. The Morgan fingerprint density at radius 3 is 2.67 bits per heavy atom. The maximum atomic E-state index is 12.1. The SMILES string of the molecule is CCc1nnc(CN2C(=O)C(=O)c3cc(OC)ccc32)o1. The van der Waals surface area contributed by atoms with Crippen LogP contribution < -0.4 is 9.64 Å². The van der Waals surface area contributed by atoms with Gasteiger partial charge in [0, 0.05) is 6.42 Å². The standard InChI is InChI=1S/C14H13N3O4/c1-3-11-15-16-12(21-11)7-17-10-5-4-8(20-2)6-9(10)13(18)14(17)19/h4-6H,3,7H2,1-2H3. The molecule has 0 saturated heterocycles. The zero-order valence-corrected chi connectivity index (χ0v) is 11.6. The van der Waals surface area contributed by atoms with Crippen molar-refractivity contribution in [3.8, 4) is 5.75 Å². The molecule has 108 valence electrons. The van der Waals surface area contributed by atoms with Gasteiger partial charge in [-0.05, 0) is 18.2 Å². The number of aryl methyl sites for hydroxylation is 1. The molecule has 2 heterocycles. The molecule has 0 saturated carbocycles. The number of ether oxygens (including phenoxy) is 1. The molecule has 0 unspecified atom stereocenters. The Balaban J connectivity index is 1.93. The lowest BCUT2D eigenvalue weighted by molar-refractivity contribution is -0.114. The summed E-state index contributed by atoms with van der Waals surface area (Å²) in [5, 5.41) is 7.71. The Bertz CT molecular complexity index is 723. The lowest BCUT2D eigenvalue weighted by Gasteiger charge is -2.13. The zero-order valence-electron chi connectivity index (χ0n) is 11.6. The van der Waals surface area contributed by atoms with Crippen molar-refractivity contribution in [2.24, 2.45) is 0 Å². The van der Waals surface area contributed by atoms with Gasteiger partial charge in [-0.15, -0.1) is 10.2 Å². The number of benzene rings is 1. The lowest BCUT2D eigenvalue weighted by Crippen LogP contribution is -2.29. The smallest absolute Gasteiger partial charge is 0.299 e. The van der Waals surface area contributed by atoms with Gasteiger partial charge >= 0.3 is 0 Å². The third-order valence-corrected chi connectivity index (χ3v) is 3.28. The molecule has 1 aliphatic heterocycles. The predicted molar refractivity (Wildman–Crippen MR) is 72.2 cm³/mol. The van der Waals surface area contributed by atoms with Crippen LogP contribution in [0, 0.1) is 0 Å². The number of aromatic nitrogens is 2. The molecule has 0 radical (unpaired) electrons. The van der Waals surface area contributed by atoms with E-state index < -0.39 is 11.7 Å². The minimum Gasteiger partial charge on any atom is -0.497 e. The topological polar surface area (TPSA) is 85.5 Å². The van der Waals surface area contributed by atoms with E-state index in [1.54, 1.807) is 18.2 Å². The molecule has 0 N–H and O–H groups in total. The second kappa shape index (κ2) is 5.01. The van der Waals surface area contributed by atoms with Crippen LogP contribution in [0.25, 0.3) is 0 Å². The summed E-state index contributed by atoms with van der Waals surface area (Å²) in [4.78, 5) is 25.4. The average Bonchev–Trinajstić information content (AvgIpc) is 3.06. The third kappa shape index (κ3) is 2.16. The number of rotatable bonds is 4. The van der Waals surface area contributed by atoms with Crippen molar-refractivity contribution in [3.63, 3.8) is 0 Å². The zero-order chi connectivity index (χ0) is 15.0.